The molecule has 2 aliphatic heterocycles. The second-order valence-electron chi connectivity index (χ2n) is 17.0. The van der Waals surface area contributed by atoms with E-state index in [2.05, 4.69) is 26.1 Å². The fourth-order valence-corrected chi connectivity index (χ4v) is 9.90. The van der Waals surface area contributed by atoms with Crippen molar-refractivity contribution in [3.05, 3.63) is 160 Å². The number of esters is 3. The number of carbonyl (C=O) groups excluding carboxylic acids is 7. The number of anilines is 2. The van der Waals surface area contributed by atoms with E-state index >= 15 is 0 Å². The van der Waals surface area contributed by atoms with Crippen LogP contribution in [0, 0.1) is 0 Å². The molecule has 0 aliphatic carbocycles. The number of fused-ring (bicyclic) bond motifs is 1. The number of β-lactam (4-membered cyclic amide) rings is 1. The van der Waals surface area contributed by atoms with Crippen LogP contribution in [-0.2, 0) is 57.9 Å². The maximum absolute atomic E-state index is 14.4. The number of hydrogen-bond donors (Lipinski definition) is 3. The minimum atomic E-state index is -1.82. The van der Waals surface area contributed by atoms with Gasteiger partial charge in [0.25, 0.3) is 5.91 Å². The number of nitrogens with one attached hydrogen (secondary N) is 3. The third-order valence-corrected chi connectivity index (χ3v) is 13.1. The Morgan fingerprint density at radius 3 is 2.04 bits per heavy atom. The molecule has 72 heavy (non-hydrogen) atoms. The van der Waals surface area contributed by atoms with Gasteiger partial charge in [0, 0.05) is 29.1 Å². The molecule has 4 amide bonds. The molecule has 3 heterocycles. The lowest BCUT2D eigenvalue weighted by molar-refractivity contribution is -0.152. The summed E-state index contributed by atoms with van der Waals surface area (Å²) >= 11 is 2.04. The molecule has 3 atom stereocenters. The Hall–Kier alpha value is -8.04. The zero-order valence-electron chi connectivity index (χ0n) is 39.9. The SMILES string of the molecule is CON=C(C(=O)NC1S[C@H]2CC(=O)N2C(C(=O)OC(c2ccccc2)c2ccccc2)=C1COC(C)=O)c1csc(NC(=O)OCC(C(=O)OC)(c2ccccc2)c2ccccc2NC(=O)OC(C)(C)C)n1. The van der Waals surface area contributed by atoms with E-state index in [4.69, 9.17) is 28.5 Å². The minimum absolute atomic E-state index is 0.0350. The number of ether oxygens (including phenoxy) is 5. The summed E-state index contributed by atoms with van der Waals surface area (Å²) in [6.45, 7) is 5.17. The molecule has 1 aromatic heterocycles. The fraction of sp³-hybridized carbons (Fsp3) is 0.275. The van der Waals surface area contributed by atoms with Crippen LogP contribution in [-0.4, -0.2) is 101 Å². The molecule has 0 saturated carbocycles. The number of carbonyl (C=O) groups is 7. The Morgan fingerprint density at radius 1 is 0.819 bits per heavy atom. The van der Waals surface area contributed by atoms with Crippen molar-refractivity contribution in [2.24, 2.45) is 5.16 Å². The molecule has 21 heteroatoms. The predicted molar refractivity (Wildman–Crippen MR) is 265 cm³/mol. The first-order valence-corrected chi connectivity index (χ1v) is 24.0. The van der Waals surface area contributed by atoms with E-state index in [0.29, 0.717) is 16.7 Å². The Bertz CT molecular complexity index is 2850. The van der Waals surface area contributed by atoms with Crippen molar-refractivity contribution in [1.29, 1.82) is 0 Å². The van der Waals surface area contributed by atoms with Gasteiger partial charge in [0.2, 0.25) is 5.91 Å². The molecule has 4 aromatic carbocycles. The van der Waals surface area contributed by atoms with Gasteiger partial charge >= 0.3 is 30.1 Å². The van der Waals surface area contributed by atoms with Crippen LogP contribution in [0.4, 0.5) is 20.4 Å². The number of oxime groups is 1. The number of para-hydroxylation sites is 1. The third-order valence-electron chi connectivity index (χ3n) is 11.0. The number of amides is 4. The van der Waals surface area contributed by atoms with Gasteiger partial charge in [-0.05, 0) is 43.5 Å². The molecule has 3 N–H and O–H groups in total. The largest absolute Gasteiger partial charge is 0.468 e. The zero-order chi connectivity index (χ0) is 51.6. The summed E-state index contributed by atoms with van der Waals surface area (Å²) in [7, 11) is 2.39. The Kier molecular flexibility index (Phi) is 16.4. The summed E-state index contributed by atoms with van der Waals surface area (Å²) in [6, 6.07) is 32.9. The fourth-order valence-electron chi connectivity index (χ4n) is 7.80. The van der Waals surface area contributed by atoms with Crippen LogP contribution in [0.2, 0.25) is 0 Å². The van der Waals surface area contributed by atoms with Gasteiger partial charge in [0.15, 0.2) is 22.4 Å². The lowest BCUT2D eigenvalue weighted by Gasteiger charge is -2.47. The molecular weight excluding hydrogens is 969 g/mol. The molecule has 5 aromatic rings. The summed E-state index contributed by atoms with van der Waals surface area (Å²) in [5.74, 6) is -3.62. The van der Waals surface area contributed by atoms with Gasteiger partial charge < -0.3 is 33.8 Å². The van der Waals surface area contributed by atoms with Gasteiger partial charge in [0.1, 0.15) is 42.7 Å². The van der Waals surface area contributed by atoms with E-state index in [-0.39, 0.29) is 51.4 Å². The van der Waals surface area contributed by atoms with Crippen molar-refractivity contribution in [3.8, 4) is 0 Å². The standard InChI is InChI=1S/C51H50N6O13S2/c1-30(58)67-27-34-41(45(61)69-42(31-18-10-7-11-19-31)32-20-12-8-13-21-32)57-38(59)26-39(57)72-44(34)54-43(60)40(56-66-6)37-28-71-47(52-37)55-48(63)68-29-51(46(62)65-5,33-22-14-9-15-23-33)35-24-16-17-25-36(35)53-49(64)70-50(2,3)4/h7-25,28,39,42,44H,26-27,29H2,1-6H3,(H,53,64)(H,54,60)(H,52,55,63)/t39-,44?,51?/m0/s1. The molecule has 7 rings (SSSR count). The van der Waals surface area contributed by atoms with Crippen molar-refractivity contribution >= 4 is 81.5 Å². The highest BCUT2D eigenvalue weighted by Gasteiger charge is 2.51. The van der Waals surface area contributed by atoms with E-state index in [9.17, 15) is 33.6 Å². The summed E-state index contributed by atoms with van der Waals surface area (Å²) < 4.78 is 28.2. The first kappa shape index (κ1) is 51.8. The molecule has 1 saturated heterocycles. The third kappa shape index (κ3) is 11.9. The minimum Gasteiger partial charge on any atom is -0.468 e. The topological polar surface area (TPSA) is 239 Å². The van der Waals surface area contributed by atoms with E-state index in [1.54, 1.807) is 124 Å². The second-order valence-corrected chi connectivity index (χ2v) is 19.1. The number of thiazole rings is 1. The van der Waals surface area contributed by atoms with Gasteiger partial charge in [-0.2, -0.15) is 0 Å². The molecule has 19 nitrogen and oxygen atoms in total. The van der Waals surface area contributed by atoms with Crippen LogP contribution in [0.5, 0.6) is 0 Å². The second kappa shape index (κ2) is 22.8. The number of rotatable bonds is 17. The van der Waals surface area contributed by atoms with Crippen LogP contribution in [0.1, 0.15) is 68.2 Å². The average molecular weight is 1020 g/mol. The monoisotopic (exact) mass is 1020 g/mol. The molecule has 0 spiro atoms. The lowest BCUT2D eigenvalue weighted by atomic mass is 9.74. The van der Waals surface area contributed by atoms with Crippen molar-refractivity contribution < 1.29 is 62.1 Å². The van der Waals surface area contributed by atoms with Crippen molar-refractivity contribution in [3.63, 3.8) is 0 Å². The molecule has 0 bridgehead atoms. The first-order valence-electron chi connectivity index (χ1n) is 22.2. The lowest BCUT2D eigenvalue weighted by Crippen LogP contribution is -2.58. The van der Waals surface area contributed by atoms with Gasteiger partial charge in [-0.1, -0.05) is 114 Å². The maximum Gasteiger partial charge on any atom is 0.413 e. The summed E-state index contributed by atoms with van der Waals surface area (Å²) in [5.41, 5.74) is -1.08. The van der Waals surface area contributed by atoms with E-state index in [0.717, 1.165) is 23.1 Å². The van der Waals surface area contributed by atoms with Crippen LogP contribution >= 0.6 is 23.1 Å². The van der Waals surface area contributed by atoms with Gasteiger partial charge in [-0.25, -0.2) is 19.4 Å². The average Bonchev–Trinajstić information content (AvgIpc) is 3.82. The van der Waals surface area contributed by atoms with Crippen LogP contribution in [0.25, 0.3) is 0 Å². The van der Waals surface area contributed by atoms with Gasteiger partial charge in [-0.3, -0.25) is 34.7 Å². The number of benzene rings is 4. The highest BCUT2D eigenvalue weighted by molar-refractivity contribution is 8.00. The van der Waals surface area contributed by atoms with E-state index in [1.165, 1.54) is 31.4 Å². The number of methoxy groups -OCH3 is 1. The molecule has 2 unspecified atom stereocenters. The summed E-state index contributed by atoms with van der Waals surface area (Å²) in [5, 5.41) is 11.7. The molecular formula is C51H50N6O13S2. The number of thioether (sulfide) groups is 1. The highest BCUT2D eigenvalue weighted by atomic mass is 32.2. The predicted octanol–water partition coefficient (Wildman–Crippen LogP) is 7.45. The van der Waals surface area contributed by atoms with Crippen molar-refractivity contribution in [2.45, 2.75) is 62.0 Å². The molecule has 0 radical (unpaired) electrons. The maximum atomic E-state index is 14.4. The smallest absolute Gasteiger partial charge is 0.413 e. The molecule has 374 valence electrons. The number of aromatic nitrogens is 1. The Labute approximate surface area is 422 Å². The van der Waals surface area contributed by atoms with Crippen LogP contribution in [0.15, 0.2) is 137 Å². The van der Waals surface area contributed by atoms with E-state index < -0.39 is 77.1 Å². The van der Waals surface area contributed by atoms with Gasteiger partial charge in [-0.15, -0.1) is 23.1 Å². The number of hydrogen-bond acceptors (Lipinski definition) is 17. The summed E-state index contributed by atoms with van der Waals surface area (Å²) in [4.78, 5) is 106. The van der Waals surface area contributed by atoms with Crippen LogP contribution < -0.4 is 16.0 Å². The Balaban J connectivity index is 1.13. The highest BCUT2D eigenvalue weighted by Crippen LogP contribution is 2.45. The normalized spacial score (nSPS) is 16.2. The first-order chi connectivity index (χ1) is 34.5. The number of nitrogens with zero attached hydrogens (tertiary/aromatic N) is 3. The van der Waals surface area contributed by atoms with Gasteiger partial charge in [0.05, 0.1) is 18.9 Å². The Morgan fingerprint density at radius 2 is 1.44 bits per heavy atom. The van der Waals surface area contributed by atoms with Crippen molar-refractivity contribution in [2.75, 3.05) is 38.1 Å². The quantitative estimate of drug-likeness (QED) is 0.0270. The van der Waals surface area contributed by atoms with Crippen LogP contribution in [0.3, 0.4) is 0 Å². The van der Waals surface area contributed by atoms with E-state index in [1.807, 2.05) is 12.1 Å². The zero-order valence-corrected chi connectivity index (χ0v) is 41.5. The van der Waals surface area contributed by atoms with Crippen molar-refractivity contribution in [1.82, 2.24) is 15.2 Å². The molecule has 1 fully saturated rings. The summed E-state index contributed by atoms with van der Waals surface area (Å²) in [6.07, 6.45) is -2.70. The molecule has 2 aliphatic rings.